The largest absolute Gasteiger partial charge is 0.416 e. The summed E-state index contributed by atoms with van der Waals surface area (Å²) in [6.07, 6.45) is -4.12. The average molecular weight is 448 g/mol. The molecule has 2 aromatic rings. The van der Waals surface area contributed by atoms with Crippen molar-refractivity contribution in [2.75, 3.05) is 31.6 Å². The number of hydrogen-bond acceptors (Lipinski definition) is 5. The Morgan fingerprint density at radius 3 is 2.72 bits per heavy atom. The van der Waals surface area contributed by atoms with Gasteiger partial charge in [0, 0.05) is 44.0 Å². The fourth-order valence-corrected chi connectivity index (χ4v) is 4.54. The molecule has 1 saturated heterocycles. The number of anilines is 1. The molecule has 0 spiro atoms. The normalized spacial score (nSPS) is 20.9. The predicted molar refractivity (Wildman–Crippen MR) is 112 cm³/mol. The Balaban J connectivity index is 1.56. The van der Waals surface area contributed by atoms with Gasteiger partial charge in [-0.1, -0.05) is 12.1 Å². The summed E-state index contributed by atoms with van der Waals surface area (Å²) in [4.78, 5) is 28.1. The second-order valence-electron chi connectivity index (χ2n) is 8.32. The van der Waals surface area contributed by atoms with Crippen molar-refractivity contribution in [3.8, 4) is 0 Å². The van der Waals surface area contributed by atoms with Gasteiger partial charge in [-0.15, -0.1) is 0 Å². The molecule has 2 aromatic carbocycles. The van der Waals surface area contributed by atoms with E-state index in [4.69, 9.17) is 0 Å². The van der Waals surface area contributed by atoms with Crippen LogP contribution in [0.1, 0.15) is 16.7 Å². The number of alkyl halides is 3. The number of nitro benzene ring substituents is 1. The molecule has 0 bridgehead atoms. The number of rotatable bonds is 4. The summed E-state index contributed by atoms with van der Waals surface area (Å²) in [5.74, 6) is -0.747. The summed E-state index contributed by atoms with van der Waals surface area (Å²) in [5.41, 5.74) is 1.20. The zero-order valence-electron chi connectivity index (χ0n) is 17.4. The lowest BCUT2D eigenvalue weighted by Crippen LogP contribution is -2.60. The van der Waals surface area contributed by atoms with E-state index in [0.29, 0.717) is 25.1 Å². The van der Waals surface area contributed by atoms with Crippen molar-refractivity contribution >= 4 is 17.3 Å². The van der Waals surface area contributed by atoms with E-state index >= 15 is 0 Å². The Bertz CT molecular complexity index is 1040. The van der Waals surface area contributed by atoms with Crippen LogP contribution >= 0.6 is 0 Å². The van der Waals surface area contributed by atoms with E-state index < -0.39 is 22.6 Å². The third kappa shape index (κ3) is 4.40. The number of halogens is 3. The summed E-state index contributed by atoms with van der Waals surface area (Å²) in [7, 11) is 1.97. The van der Waals surface area contributed by atoms with Gasteiger partial charge in [-0.3, -0.25) is 14.9 Å². The van der Waals surface area contributed by atoms with Crippen molar-refractivity contribution in [1.82, 2.24) is 10.2 Å². The highest BCUT2D eigenvalue weighted by molar-refractivity contribution is 5.82. The highest BCUT2D eigenvalue weighted by atomic mass is 19.4. The van der Waals surface area contributed by atoms with Crippen LogP contribution in [-0.4, -0.2) is 48.5 Å². The highest BCUT2D eigenvalue weighted by Crippen LogP contribution is 2.37. The first-order chi connectivity index (χ1) is 15.1. The zero-order valence-corrected chi connectivity index (χ0v) is 17.4. The second-order valence-corrected chi connectivity index (χ2v) is 8.32. The number of nitrogens with zero attached hydrogens (tertiary/aromatic N) is 3. The van der Waals surface area contributed by atoms with Gasteiger partial charge in [0.2, 0.25) is 5.91 Å². The molecule has 2 aliphatic rings. The molecule has 0 radical (unpaired) electrons. The van der Waals surface area contributed by atoms with Crippen LogP contribution in [0.2, 0.25) is 0 Å². The Morgan fingerprint density at radius 1 is 1.22 bits per heavy atom. The van der Waals surface area contributed by atoms with Crippen molar-refractivity contribution in [1.29, 1.82) is 0 Å². The number of hydrogen-bond donors (Lipinski definition) is 1. The average Bonchev–Trinajstić information content (AvgIpc) is 2.75. The molecule has 32 heavy (non-hydrogen) atoms. The highest BCUT2D eigenvalue weighted by Gasteiger charge is 2.41. The molecular weight excluding hydrogens is 425 g/mol. The maximum Gasteiger partial charge on any atom is 0.416 e. The van der Waals surface area contributed by atoms with Crippen molar-refractivity contribution < 1.29 is 22.9 Å². The van der Waals surface area contributed by atoms with Crippen LogP contribution in [0.4, 0.5) is 24.5 Å². The summed E-state index contributed by atoms with van der Waals surface area (Å²) >= 11 is 0. The molecule has 7 nitrogen and oxygen atoms in total. The summed E-state index contributed by atoms with van der Waals surface area (Å²) in [6, 6.07) is 9.48. The maximum absolute atomic E-state index is 13.1. The quantitative estimate of drug-likeness (QED) is 0.574. The number of carbonyl (C=O) groups excluding carboxylic acids is 1. The van der Waals surface area contributed by atoms with Crippen LogP contribution in [0.15, 0.2) is 42.5 Å². The minimum absolute atomic E-state index is 0.0242. The molecule has 170 valence electrons. The number of non-ortho nitro benzene ring substituents is 1. The minimum Gasteiger partial charge on any atom is -0.365 e. The Labute approximate surface area is 183 Å². The van der Waals surface area contributed by atoms with Gasteiger partial charge in [0.05, 0.1) is 22.4 Å². The van der Waals surface area contributed by atoms with Crippen molar-refractivity contribution in [3.63, 3.8) is 0 Å². The predicted octanol–water partition coefficient (Wildman–Crippen LogP) is 3.22. The Hall–Kier alpha value is -3.14. The molecule has 2 aliphatic heterocycles. The topological polar surface area (TPSA) is 78.7 Å². The first-order valence-corrected chi connectivity index (χ1v) is 10.3. The van der Waals surface area contributed by atoms with Gasteiger partial charge in [-0.05, 0) is 42.8 Å². The third-order valence-electron chi connectivity index (χ3n) is 6.17. The summed E-state index contributed by atoms with van der Waals surface area (Å²) in [6.45, 7) is 2.11. The minimum atomic E-state index is -4.45. The summed E-state index contributed by atoms with van der Waals surface area (Å²) in [5, 5.41) is 14.0. The molecule has 10 heteroatoms. The molecule has 0 aromatic heterocycles. The number of nitro groups is 1. The molecule has 1 N–H and O–H groups in total. The lowest BCUT2D eigenvalue weighted by molar-refractivity contribution is -0.384. The molecule has 0 unspecified atom stereocenters. The lowest BCUT2D eigenvalue weighted by atomic mass is 9.83. The van der Waals surface area contributed by atoms with E-state index in [1.807, 2.05) is 7.05 Å². The first-order valence-electron chi connectivity index (χ1n) is 10.3. The maximum atomic E-state index is 13.1. The molecule has 1 amide bonds. The van der Waals surface area contributed by atoms with Crippen LogP contribution in [0, 0.1) is 16.0 Å². The number of carbonyl (C=O) groups is 1. The van der Waals surface area contributed by atoms with Crippen LogP contribution in [0.25, 0.3) is 0 Å². The fraction of sp³-hybridized carbons (Fsp3) is 0.409. The SMILES string of the molecule is CN1CCN2c3ccc([N+](=O)[O-])cc3C[C@@H](C(=O)NCc3cccc(C(F)(F)F)c3)[C@@H]2C1. The number of likely N-dealkylation sites (N-methyl/N-ethyl adjacent to an activating group) is 1. The molecule has 2 heterocycles. The monoisotopic (exact) mass is 448 g/mol. The van der Waals surface area contributed by atoms with Gasteiger partial charge in [0.1, 0.15) is 0 Å². The number of piperazine rings is 1. The van der Waals surface area contributed by atoms with Gasteiger partial charge in [-0.2, -0.15) is 13.2 Å². The van der Waals surface area contributed by atoms with Gasteiger partial charge in [0.25, 0.3) is 5.69 Å². The van der Waals surface area contributed by atoms with E-state index in [1.54, 1.807) is 6.07 Å². The van der Waals surface area contributed by atoms with Gasteiger partial charge in [0.15, 0.2) is 0 Å². The van der Waals surface area contributed by atoms with Crippen LogP contribution in [-0.2, 0) is 23.9 Å². The third-order valence-corrected chi connectivity index (χ3v) is 6.17. The van der Waals surface area contributed by atoms with Gasteiger partial charge >= 0.3 is 6.18 Å². The lowest BCUT2D eigenvalue weighted by Gasteiger charge is -2.48. The first kappa shape index (κ1) is 22.1. The van der Waals surface area contributed by atoms with Crippen LogP contribution in [0.3, 0.4) is 0 Å². The molecule has 4 rings (SSSR count). The molecular formula is C22H23F3N4O3. The fourth-order valence-electron chi connectivity index (χ4n) is 4.54. The van der Waals surface area contributed by atoms with E-state index in [2.05, 4.69) is 15.1 Å². The van der Waals surface area contributed by atoms with Crippen molar-refractivity contribution in [3.05, 3.63) is 69.3 Å². The molecule has 0 saturated carbocycles. The number of benzene rings is 2. The van der Waals surface area contributed by atoms with Gasteiger partial charge in [-0.25, -0.2) is 0 Å². The summed E-state index contributed by atoms with van der Waals surface area (Å²) < 4.78 is 38.9. The molecule has 1 fully saturated rings. The second kappa shape index (κ2) is 8.42. The zero-order chi connectivity index (χ0) is 23.0. The van der Waals surface area contributed by atoms with Crippen LogP contribution in [0.5, 0.6) is 0 Å². The molecule has 0 aliphatic carbocycles. The number of nitrogens with one attached hydrogen (secondary N) is 1. The molecule has 2 atom stereocenters. The Morgan fingerprint density at radius 2 is 2.00 bits per heavy atom. The van der Waals surface area contributed by atoms with Crippen LogP contribution < -0.4 is 10.2 Å². The van der Waals surface area contributed by atoms with E-state index in [9.17, 15) is 28.1 Å². The number of fused-ring (bicyclic) bond motifs is 3. The van der Waals surface area contributed by atoms with E-state index in [0.717, 1.165) is 29.9 Å². The van der Waals surface area contributed by atoms with Crippen molar-refractivity contribution in [2.45, 2.75) is 25.2 Å². The van der Waals surface area contributed by atoms with E-state index in [-0.39, 0.29) is 24.2 Å². The van der Waals surface area contributed by atoms with Gasteiger partial charge < -0.3 is 15.1 Å². The standard InChI is InChI=1S/C22H23F3N4O3/c1-27-7-8-28-19-6-5-17(29(31)32)10-15(19)11-18(20(28)13-27)21(30)26-12-14-3-2-4-16(9-14)22(23,24)25/h2-6,9-10,18,20H,7-8,11-13H2,1H3,(H,26,30)/t18-,20+/m1/s1. The van der Waals surface area contributed by atoms with Crippen molar-refractivity contribution in [2.24, 2.45) is 5.92 Å². The van der Waals surface area contributed by atoms with E-state index in [1.165, 1.54) is 24.3 Å². The Kier molecular flexibility index (Phi) is 5.81. The smallest absolute Gasteiger partial charge is 0.365 e. The number of amides is 1.